The Morgan fingerprint density at radius 3 is 2.57 bits per heavy atom. The Morgan fingerprint density at radius 2 is 2.00 bits per heavy atom. The second kappa shape index (κ2) is 3.70. The monoisotopic (exact) mass is 193 g/mol. The zero-order valence-corrected chi connectivity index (χ0v) is 8.30. The molecule has 1 aromatic rings. The Balaban J connectivity index is 1.95. The highest BCUT2D eigenvalue weighted by Gasteiger charge is 2.31. The molecule has 2 rings (SSSR count). The number of nitrogens with two attached hydrogens (primary N) is 1. The molecule has 76 valence electrons. The van der Waals surface area contributed by atoms with Crippen LogP contribution in [0.25, 0.3) is 0 Å². The van der Waals surface area contributed by atoms with Crippen molar-refractivity contribution in [2.24, 2.45) is 5.73 Å². The summed E-state index contributed by atoms with van der Waals surface area (Å²) in [5.74, 6) is -0.101. The van der Waals surface area contributed by atoms with E-state index in [2.05, 4.69) is 0 Å². The normalized spacial score (nSPS) is 19.0. The summed E-state index contributed by atoms with van der Waals surface area (Å²) in [6.45, 7) is 0. The van der Waals surface area contributed by atoms with E-state index in [1.807, 2.05) is 12.1 Å². The van der Waals surface area contributed by atoms with Crippen molar-refractivity contribution in [1.82, 2.24) is 0 Å². The summed E-state index contributed by atoms with van der Waals surface area (Å²) in [7, 11) is 0. The molecule has 1 aromatic carbocycles. The fraction of sp³-hybridized carbons (Fsp3) is 0.500. The molecule has 0 aromatic heterocycles. The first-order valence-corrected chi connectivity index (χ1v) is 5.22. The smallest absolute Gasteiger partial charge is 0.126 e. The molecule has 0 saturated heterocycles. The number of hydrogen-bond acceptors (Lipinski definition) is 1. The molecular weight excluding hydrogens is 177 g/mol. The molecule has 1 nitrogen and oxygen atoms in total. The van der Waals surface area contributed by atoms with Gasteiger partial charge in [-0.05, 0) is 43.7 Å². The van der Waals surface area contributed by atoms with E-state index in [4.69, 9.17) is 5.73 Å². The molecule has 0 atom stereocenters. The zero-order valence-electron chi connectivity index (χ0n) is 8.30. The number of hydrogen-bond donors (Lipinski definition) is 1. The average molecular weight is 193 g/mol. The van der Waals surface area contributed by atoms with Crippen molar-refractivity contribution in [3.05, 3.63) is 35.6 Å². The Labute approximate surface area is 84.1 Å². The highest BCUT2D eigenvalue weighted by Crippen LogP contribution is 2.33. The van der Waals surface area contributed by atoms with Crippen molar-refractivity contribution in [3.8, 4) is 0 Å². The molecular formula is C12H16FN. The molecule has 1 aliphatic carbocycles. The van der Waals surface area contributed by atoms with Crippen LogP contribution in [0.4, 0.5) is 4.39 Å². The largest absolute Gasteiger partial charge is 0.325 e. The molecule has 0 radical (unpaired) electrons. The van der Waals surface area contributed by atoms with Crippen LogP contribution in [0.2, 0.25) is 0 Å². The molecule has 1 saturated carbocycles. The lowest BCUT2D eigenvalue weighted by atomic mass is 9.74. The molecule has 0 aliphatic heterocycles. The molecule has 0 bridgehead atoms. The number of aryl methyl sites for hydroxylation is 1. The number of rotatable bonds is 3. The first kappa shape index (κ1) is 9.66. The Morgan fingerprint density at radius 1 is 1.29 bits per heavy atom. The quantitative estimate of drug-likeness (QED) is 0.784. The van der Waals surface area contributed by atoms with Crippen molar-refractivity contribution in [2.45, 2.75) is 37.6 Å². The van der Waals surface area contributed by atoms with Gasteiger partial charge in [-0.3, -0.25) is 0 Å². The maximum Gasteiger partial charge on any atom is 0.126 e. The Bertz CT molecular complexity index is 318. The van der Waals surface area contributed by atoms with E-state index in [0.717, 1.165) is 31.2 Å². The van der Waals surface area contributed by atoms with Crippen LogP contribution in [0.5, 0.6) is 0 Å². The van der Waals surface area contributed by atoms with Crippen LogP contribution < -0.4 is 5.73 Å². The fourth-order valence-corrected chi connectivity index (χ4v) is 1.97. The van der Waals surface area contributed by atoms with Crippen LogP contribution in [0.15, 0.2) is 24.3 Å². The third-order valence-electron chi connectivity index (χ3n) is 3.20. The lowest BCUT2D eigenvalue weighted by Gasteiger charge is -2.38. The zero-order chi connectivity index (χ0) is 10.0. The molecule has 14 heavy (non-hydrogen) atoms. The molecule has 0 unspecified atom stereocenters. The second-order valence-electron chi connectivity index (χ2n) is 4.31. The average Bonchev–Trinajstić information content (AvgIpc) is 2.14. The lowest BCUT2D eigenvalue weighted by Crippen LogP contribution is -2.46. The summed E-state index contributed by atoms with van der Waals surface area (Å²) < 4.78 is 13.2. The number of benzene rings is 1. The van der Waals surface area contributed by atoms with Gasteiger partial charge in [-0.2, -0.15) is 0 Å². The fourth-order valence-electron chi connectivity index (χ4n) is 1.97. The maximum atomic E-state index is 13.2. The predicted octanol–water partition coefficient (Wildman–Crippen LogP) is 2.64. The van der Waals surface area contributed by atoms with E-state index in [-0.39, 0.29) is 11.4 Å². The predicted molar refractivity (Wildman–Crippen MR) is 55.5 cm³/mol. The van der Waals surface area contributed by atoms with Gasteiger partial charge in [-0.25, -0.2) is 4.39 Å². The first-order chi connectivity index (χ1) is 6.70. The van der Waals surface area contributed by atoms with Gasteiger partial charge in [0, 0.05) is 5.54 Å². The Hall–Kier alpha value is -0.890. The van der Waals surface area contributed by atoms with Crippen molar-refractivity contribution in [3.63, 3.8) is 0 Å². The third kappa shape index (κ3) is 1.95. The lowest BCUT2D eigenvalue weighted by molar-refractivity contribution is 0.231. The summed E-state index contributed by atoms with van der Waals surface area (Å²) >= 11 is 0. The minimum Gasteiger partial charge on any atom is -0.325 e. The van der Waals surface area contributed by atoms with Crippen LogP contribution in [0.1, 0.15) is 31.2 Å². The Kier molecular flexibility index (Phi) is 2.55. The van der Waals surface area contributed by atoms with Gasteiger partial charge in [0.15, 0.2) is 0 Å². The van der Waals surface area contributed by atoms with Gasteiger partial charge in [0.05, 0.1) is 0 Å². The van der Waals surface area contributed by atoms with E-state index in [0.29, 0.717) is 0 Å². The van der Waals surface area contributed by atoms with Crippen LogP contribution in [-0.2, 0) is 6.42 Å². The van der Waals surface area contributed by atoms with E-state index in [9.17, 15) is 4.39 Å². The topological polar surface area (TPSA) is 26.0 Å². The van der Waals surface area contributed by atoms with E-state index in [1.54, 1.807) is 6.07 Å². The van der Waals surface area contributed by atoms with Gasteiger partial charge in [0.1, 0.15) is 5.82 Å². The molecule has 1 fully saturated rings. The SMILES string of the molecule is NC1(CCc2ccccc2F)CCC1. The van der Waals surface area contributed by atoms with Crippen molar-refractivity contribution in [1.29, 1.82) is 0 Å². The van der Waals surface area contributed by atoms with Gasteiger partial charge >= 0.3 is 0 Å². The standard InChI is InChI=1S/C12H16FN/c13-11-5-2-1-4-10(11)6-9-12(14)7-3-8-12/h1-2,4-5H,3,6-9,14H2. The molecule has 0 amide bonds. The summed E-state index contributed by atoms with van der Waals surface area (Å²) in [5, 5.41) is 0. The molecule has 2 N–H and O–H groups in total. The van der Waals surface area contributed by atoms with Crippen LogP contribution >= 0.6 is 0 Å². The van der Waals surface area contributed by atoms with Crippen molar-refractivity contribution >= 4 is 0 Å². The molecule has 0 heterocycles. The summed E-state index contributed by atoms with van der Waals surface area (Å²) in [5.41, 5.74) is 6.88. The second-order valence-corrected chi connectivity index (χ2v) is 4.31. The minimum absolute atomic E-state index is 0.00226. The van der Waals surface area contributed by atoms with Gasteiger partial charge < -0.3 is 5.73 Å². The maximum absolute atomic E-state index is 13.2. The first-order valence-electron chi connectivity index (χ1n) is 5.22. The summed E-state index contributed by atoms with van der Waals surface area (Å²) in [4.78, 5) is 0. The molecule has 2 heteroatoms. The minimum atomic E-state index is -0.101. The third-order valence-corrected chi connectivity index (χ3v) is 3.20. The van der Waals surface area contributed by atoms with Gasteiger partial charge in [-0.15, -0.1) is 0 Å². The van der Waals surface area contributed by atoms with Gasteiger partial charge in [0.25, 0.3) is 0 Å². The number of halogens is 1. The van der Waals surface area contributed by atoms with E-state index >= 15 is 0 Å². The van der Waals surface area contributed by atoms with Crippen LogP contribution in [0.3, 0.4) is 0 Å². The van der Waals surface area contributed by atoms with Gasteiger partial charge in [0.2, 0.25) is 0 Å². The molecule has 0 spiro atoms. The van der Waals surface area contributed by atoms with E-state index in [1.165, 1.54) is 12.5 Å². The summed E-state index contributed by atoms with van der Waals surface area (Å²) in [6, 6.07) is 6.96. The van der Waals surface area contributed by atoms with Crippen LogP contribution in [-0.4, -0.2) is 5.54 Å². The molecule has 1 aliphatic rings. The van der Waals surface area contributed by atoms with Crippen LogP contribution in [0, 0.1) is 5.82 Å². The van der Waals surface area contributed by atoms with E-state index < -0.39 is 0 Å². The van der Waals surface area contributed by atoms with Crippen molar-refractivity contribution < 1.29 is 4.39 Å². The highest BCUT2D eigenvalue weighted by atomic mass is 19.1. The van der Waals surface area contributed by atoms with Gasteiger partial charge in [-0.1, -0.05) is 18.2 Å². The highest BCUT2D eigenvalue weighted by molar-refractivity contribution is 5.18. The summed E-state index contributed by atoms with van der Waals surface area (Å²) in [6.07, 6.45) is 5.10. The van der Waals surface area contributed by atoms with Crippen molar-refractivity contribution in [2.75, 3.05) is 0 Å².